The fourth-order valence-electron chi connectivity index (χ4n) is 3.01. The molecule has 1 aromatic carbocycles. The van der Waals surface area contributed by atoms with E-state index in [-0.39, 0.29) is 12.3 Å². The van der Waals surface area contributed by atoms with Crippen LogP contribution in [0.2, 0.25) is 0 Å². The van der Waals surface area contributed by atoms with E-state index in [0.29, 0.717) is 6.42 Å². The van der Waals surface area contributed by atoms with Crippen LogP contribution in [0.15, 0.2) is 18.2 Å². The van der Waals surface area contributed by atoms with Gasteiger partial charge in [0.05, 0.1) is 0 Å². The molecule has 0 saturated carbocycles. The third-order valence-electron chi connectivity index (χ3n) is 4.45. The van der Waals surface area contributed by atoms with Gasteiger partial charge in [0.25, 0.3) is 5.91 Å². The Kier molecular flexibility index (Phi) is 7.14. The van der Waals surface area contributed by atoms with E-state index in [4.69, 9.17) is 0 Å². The maximum atomic E-state index is 12.0. The van der Waals surface area contributed by atoms with E-state index in [1.807, 2.05) is 18.2 Å². The van der Waals surface area contributed by atoms with E-state index in [1.165, 1.54) is 0 Å². The maximum absolute atomic E-state index is 12.0. The summed E-state index contributed by atoms with van der Waals surface area (Å²) in [7, 11) is 0. The zero-order valence-corrected chi connectivity index (χ0v) is 15.8. The summed E-state index contributed by atoms with van der Waals surface area (Å²) in [6.45, 7) is 0. The van der Waals surface area contributed by atoms with Gasteiger partial charge in [-0.3, -0.25) is 4.79 Å². The number of hydrogen-bond donors (Lipinski definition) is 3. The van der Waals surface area contributed by atoms with Gasteiger partial charge in [0.1, 0.15) is 0 Å². The van der Waals surface area contributed by atoms with Gasteiger partial charge in [-0.25, -0.2) is 0 Å². The lowest BCUT2D eigenvalue weighted by Gasteiger charge is -2.14. The summed E-state index contributed by atoms with van der Waals surface area (Å²) in [4.78, 5) is 11.8. The lowest BCUT2D eigenvalue weighted by atomic mass is 10.0. The highest BCUT2D eigenvalue weighted by Crippen LogP contribution is 2.44. The minimum absolute atomic E-state index is 0.225. The fraction of sp³-hybridized carbons (Fsp3) is 0.611. The SMILES string of the molecule is O=C1Nc2ccc(CCCCCCCCCC(F)(F)F)cc2C1(S)S. The quantitative estimate of drug-likeness (QED) is 0.274. The average molecular weight is 392 g/mol. The van der Waals surface area contributed by atoms with Gasteiger partial charge in [-0.1, -0.05) is 44.2 Å². The molecule has 1 amide bonds. The van der Waals surface area contributed by atoms with Crippen molar-refractivity contribution in [3.05, 3.63) is 29.3 Å². The Morgan fingerprint density at radius 1 is 0.960 bits per heavy atom. The molecular formula is C18H24F3NOS2. The highest BCUT2D eigenvalue weighted by atomic mass is 32.2. The second kappa shape index (κ2) is 8.71. The Labute approximate surface area is 157 Å². The zero-order chi connectivity index (χ0) is 18.5. The molecule has 2 nitrogen and oxygen atoms in total. The third-order valence-corrected chi connectivity index (χ3v) is 5.34. The van der Waals surface area contributed by atoms with Gasteiger partial charge in [0, 0.05) is 17.7 Å². The molecule has 140 valence electrons. The van der Waals surface area contributed by atoms with E-state index >= 15 is 0 Å². The van der Waals surface area contributed by atoms with Gasteiger partial charge in [-0.15, -0.1) is 25.3 Å². The van der Waals surface area contributed by atoms with Crippen molar-refractivity contribution in [1.82, 2.24) is 0 Å². The minimum Gasteiger partial charge on any atom is -0.323 e. The molecule has 0 fully saturated rings. The van der Waals surface area contributed by atoms with Gasteiger partial charge in [-0.05, 0) is 30.9 Å². The molecule has 0 spiro atoms. The second-order valence-electron chi connectivity index (χ2n) is 6.60. The van der Waals surface area contributed by atoms with E-state index in [0.717, 1.165) is 55.3 Å². The normalized spacial score (nSPS) is 16.0. The minimum atomic E-state index is -4.02. The van der Waals surface area contributed by atoms with Crippen LogP contribution in [0.3, 0.4) is 0 Å². The number of halogens is 3. The van der Waals surface area contributed by atoms with Gasteiger partial charge in [0.15, 0.2) is 4.08 Å². The van der Waals surface area contributed by atoms with Crippen LogP contribution in [-0.4, -0.2) is 12.1 Å². The summed E-state index contributed by atoms with van der Waals surface area (Å²) < 4.78 is 35.0. The van der Waals surface area contributed by atoms with Crippen LogP contribution in [0.25, 0.3) is 0 Å². The Balaban J connectivity index is 1.62. The molecule has 1 heterocycles. The van der Waals surface area contributed by atoms with Crippen LogP contribution in [0, 0.1) is 0 Å². The lowest BCUT2D eigenvalue weighted by molar-refractivity contribution is -0.135. The van der Waals surface area contributed by atoms with Crippen molar-refractivity contribution in [2.75, 3.05) is 5.32 Å². The molecule has 1 aromatic rings. The average Bonchev–Trinajstić information content (AvgIpc) is 2.74. The number of amides is 1. The molecule has 0 aliphatic carbocycles. The molecular weight excluding hydrogens is 367 g/mol. The molecule has 0 radical (unpaired) electrons. The Bertz CT molecular complexity index is 602. The number of fused-ring (bicyclic) bond motifs is 1. The first-order chi connectivity index (χ1) is 11.7. The topological polar surface area (TPSA) is 29.1 Å². The van der Waals surface area contributed by atoms with E-state index in [9.17, 15) is 18.0 Å². The number of alkyl halides is 3. The number of nitrogens with one attached hydrogen (secondary N) is 1. The predicted molar refractivity (Wildman–Crippen MR) is 101 cm³/mol. The number of aryl methyl sites for hydroxylation is 1. The zero-order valence-electron chi connectivity index (χ0n) is 14.0. The fourth-order valence-corrected chi connectivity index (χ4v) is 3.50. The first-order valence-corrected chi connectivity index (χ1v) is 9.56. The molecule has 0 aromatic heterocycles. The Hall–Kier alpha value is -0.820. The van der Waals surface area contributed by atoms with Crippen LogP contribution in [-0.2, 0) is 15.3 Å². The van der Waals surface area contributed by atoms with Crippen LogP contribution in [0.5, 0.6) is 0 Å². The largest absolute Gasteiger partial charge is 0.389 e. The Morgan fingerprint density at radius 2 is 1.56 bits per heavy atom. The summed E-state index contributed by atoms with van der Waals surface area (Å²) in [6, 6.07) is 5.86. The first-order valence-electron chi connectivity index (χ1n) is 8.66. The van der Waals surface area contributed by atoms with Crippen molar-refractivity contribution in [3.63, 3.8) is 0 Å². The lowest BCUT2D eigenvalue weighted by Crippen LogP contribution is -2.21. The maximum Gasteiger partial charge on any atom is 0.389 e. The highest BCUT2D eigenvalue weighted by Gasteiger charge is 2.40. The van der Waals surface area contributed by atoms with Crippen molar-refractivity contribution in [3.8, 4) is 0 Å². The summed E-state index contributed by atoms with van der Waals surface area (Å²) in [5.41, 5.74) is 2.71. The number of carbonyl (C=O) groups is 1. The standard InChI is InChI=1S/C18H24F3NOS2/c19-17(20,21)11-7-5-3-1-2-4-6-8-13-9-10-15-14(12-13)18(24,25)16(23)22-15/h9-10,12,24-25H,1-8,11H2,(H,22,23). The summed E-state index contributed by atoms with van der Waals surface area (Å²) >= 11 is 8.67. The van der Waals surface area contributed by atoms with Crippen LogP contribution in [0.4, 0.5) is 18.9 Å². The van der Waals surface area contributed by atoms with Gasteiger partial charge >= 0.3 is 6.18 Å². The van der Waals surface area contributed by atoms with Crippen molar-refractivity contribution in [1.29, 1.82) is 0 Å². The number of rotatable bonds is 9. The molecule has 1 aliphatic heterocycles. The number of hydrogen-bond acceptors (Lipinski definition) is 3. The Morgan fingerprint density at radius 3 is 2.20 bits per heavy atom. The van der Waals surface area contributed by atoms with Gasteiger partial charge < -0.3 is 5.32 Å². The third kappa shape index (κ3) is 6.13. The number of anilines is 1. The molecule has 25 heavy (non-hydrogen) atoms. The summed E-state index contributed by atoms with van der Waals surface area (Å²) in [6.07, 6.45) is 2.08. The van der Waals surface area contributed by atoms with Crippen LogP contribution in [0.1, 0.15) is 62.5 Å². The highest BCUT2D eigenvalue weighted by molar-refractivity contribution is 8.01. The molecule has 1 N–H and O–H groups in total. The van der Waals surface area contributed by atoms with Crippen LogP contribution < -0.4 is 5.32 Å². The van der Waals surface area contributed by atoms with Crippen molar-refractivity contribution in [2.45, 2.75) is 68.0 Å². The van der Waals surface area contributed by atoms with Crippen LogP contribution >= 0.6 is 25.3 Å². The predicted octanol–water partition coefficient (Wildman–Crippen LogP) is 5.88. The molecule has 0 saturated heterocycles. The first kappa shape index (κ1) is 20.5. The number of benzene rings is 1. The monoisotopic (exact) mass is 391 g/mol. The molecule has 7 heteroatoms. The number of unbranched alkanes of at least 4 members (excludes halogenated alkanes) is 6. The molecule has 0 bridgehead atoms. The summed E-state index contributed by atoms with van der Waals surface area (Å²) in [5.74, 6) is -0.225. The smallest absolute Gasteiger partial charge is 0.323 e. The summed E-state index contributed by atoms with van der Waals surface area (Å²) in [5, 5.41) is 2.76. The molecule has 2 rings (SSSR count). The molecule has 0 atom stereocenters. The van der Waals surface area contributed by atoms with Gasteiger partial charge in [-0.2, -0.15) is 13.2 Å². The molecule has 1 aliphatic rings. The van der Waals surface area contributed by atoms with Crippen molar-refractivity contribution >= 4 is 36.9 Å². The van der Waals surface area contributed by atoms with Crippen molar-refractivity contribution < 1.29 is 18.0 Å². The van der Waals surface area contributed by atoms with E-state index in [2.05, 4.69) is 30.6 Å². The van der Waals surface area contributed by atoms with E-state index in [1.54, 1.807) is 0 Å². The van der Waals surface area contributed by atoms with Crippen molar-refractivity contribution in [2.24, 2.45) is 0 Å². The number of carbonyl (C=O) groups excluding carboxylic acids is 1. The van der Waals surface area contributed by atoms with Gasteiger partial charge in [0.2, 0.25) is 0 Å². The van der Waals surface area contributed by atoms with E-state index < -0.39 is 16.7 Å². The molecule has 0 unspecified atom stereocenters. The second-order valence-corrected chi connectivity index (χ2v) is 8.29. The number of thiol groups is 2.